The van der Waals surface area contributed by atoms with Crippen LogP contribution in [0.3, 0.4) is 0 Å². The van der Waals surface area contributed by atoms with Gasteiger partial charge in [-0.3, -0.25) is 9.59 Å². The Hall–Kier alpha value is -1.71. The fraction of sp³-hybridized carbons (Fsp3) is 0.946. The number of carboxylic acids is 1. The van der Waals surface area contributed by atoms with Gasteiger partial charge in [0.2, 0.25) is 0 Å². The minimum atomic E-state index is -1.50. The molecule has 0 amide bonds. The van der Waals surface area contributed by atoms with E-state index in [4.69, 9.17) is 18.9 Å². The summed E-state index contributed by atoms with van der Waals surface area (Å²) in [7, 11) is 5.98. The Morgan fingerprint density at radius 1 is 0.400 bits per heavy atom. The minimum Gasteiger partial charge on any atom is -0.477 e. The van der Waals surface area contributed by atoms with Gasteiger partial charge in [0.15, 0.2) is 6.10 Å². The fourth-order valence-corrected chi connectivity index (χ4v) is 8.49. The predicted octanol–water partition coefficient (Wildman–Crippen LogP) is 16.0. The second kappa shape index (κ2) is 48.7. The van der Waals surface area contributed by atoms with Crippen molar-refractivity contribution < 1.29 is 42.9 Å². The Morgan fingerprint density at radius 2 is 0.692 bits per heavy atom. The molecule has 0 rings (SSSR count). The standard InChI is InChI=1S/C56H109NO8/c1-6-8-10-12-14-16-18-20-22-24-25-26-27-28-29-30-31-33-35-37-39-41-43-45-47-54(59)65-52(51-64-56(55(60)61)62-49-48-57(3,4)5)50-63-53(58)46-44-42-40-38-36-34-32-23-21-19-17-15-13-11-9-7-2/h52,56H,6-51H2,1-5H3/p+1. The van der Waals surface area contributed by atoms with Gasteiger partial charge in [0, 0.05) is 12.8 Å². The number of ether oxygens (including phenoxy) is 4. The first kappa shape index (κ1) is 63.3. The number of likely N-dealkylation sites (N-methyl/N-ethyl adjacent to an activating group) is 1. The van der Waals surface area contributed by atoms with E-state index >= 15 is 0 Å². The predicted molar refractivity (Wildman–Crippen MR) is 272 cm³/mol. The van der Waals surface area contributed by atoms with E-state index in [1.54, 1.807) is 0 Å². The van der Waals surface area contributed by atoms with Gasteiger partial charge in [0.05, 0.1) is 34.4 Å². The van der Waals surface area contributed by atoms with Crippen LogP contribution in [0.5, 0.6) is 0 Å². The lowest BCUT2D eigenvalue weighted by molar-refractivity contribution is -0.870. The average molecular weight is 925 g/mol. The number of quaternary nitrogens is 1. The van der Waals surface area contributed by atoms with Crippen LogP contribution in [-0.4, -0.2) is 87.4 Å². The highest BCUT2D eigenvalue weighted by Crippen LogP contribution is 2.18. The lowest BCUT2D eigenvalue weighted by Gasteiger charge is -2.25. The summed E-state index contributed by atoms with van der Waals surface area (Å²) in [4.78, 5) is 37.3. The largest absolute Gasteiger partial charge is 0.477 e. The molecule has 2 atom stereocenters. The molecule has 0 aliphatic heterocycles. The highest BCUT2D eigenvalue weighted by atomic mass is 16.7. The molecule has 9 nitrogen and oxygen atoms in total. The number of hydrogen-bond donors (Lipinski definition) is 1. The number of hydrogen-bond acceptors (Lipinski definition) is 7. The molecule has 0 radical (unpaired) electrons. The maximum absolute atomic E-state index is 12.9. The zero-order valence-corrected chi connectivity index (χ0v) is 43.9. The van der Waals surface area contributed by atoms with Gasteiger partial charge in [-0.15, -0.1) is 0 Å². The van der Waals surface area contributed by atoms with Gasteiger partial charge in [-0.1, -0.05) is 258 Å². The van der Waals surface area contributed by atoms with Crippen LogP contribution in [0.4, 0.5) is 0 Å². The molecule has 0 spiro atoms. The first-order valence-corrected chi connectivity index (χ1v) is 28.2. The lowest BCUT2D eigenvalue weighted by atomic mass is 10.0. The fourth-order valence-electron chi connectivity index (χ4n) is 8.49. The van der Waals surface area contributed by atoms with Crippen LogP contribution in [-0.2, 0) is 33.3 Å². The third kappa shape index (κ3) is 50.0. The van der Waals surface area contributed by atoms with Crippen molar-refractivity contribution in [1.29, 1.82) is 0 Å². The SMILES string of the molecule is CCCCCCCCCCCCCCCCCCCCCCCCCCC(=O)OC(COC(=O)CCCCCCCCCCCCCCCCCC)COC(OCC[N+](C)(C)C)C(=O)O. The van der Waals surface area contributed by atoms with E-state index in [0.29, 0.717) is 17.4 Å². The average Bonchev–Trinajstić information content (AvgIpc) is 3.27. The van der Waals surface area contributed by atoms with Gasteiger partial charge >= 0.3 is 17.9 Å². The van der Waals surface area contributed by atoms with Crippen LogP contribution in [0.15, 0.2) is 0 Å². The molecule has 0 aromatic carbocycles. The Morgan fingerprint density at radius 3 is 0.985 bits per heavy atom. The molecule has 0 heterocycles. The van der Waals surface area contributed by atoms with Gasteiger partial charge in [0.1, 0.15) is 13.2 Å². The van der Waals surface area contributed by atoms with E-state index in [0.717, 1.165) is 38.5 Å². The summed E-state index contributed by atoms with van der Waals surface area (Å²) in [5, 5.41) is 9.68. The smallest absolute Gasteiger partial charge is 0.361 e. The van der Waals surface area contributed by atoms with Crippen molar-refractivity contribution in [1.82, 2.24) is 0 Å². The molecule has 386 valence electrons. The summed E-state index contributed by atoms with van der Waals surface area (Å²) in [6.07, 6.45) is 50.3. The molecule has 0 saturated heterocycles. The number of carbonyl (C=O) groups is 3. The lowest BCUT2D eigenvalue weighted by Crippen LogP contribution is -2.40. The molecule has 0 aromatic heterocycles. The first-order valence-electron chi connectivity index (χ1n) is 28.2. The normalized spacial score (nSPS) is 12.7. The highest BCUT2D eigenvalue weighted by molar-refractivity contribution is 5.71. The summed E-state index contributed by atoms with van der Waals surface area (Å²) in [5.74, 6) is -1.98. The summed E-state index contributed by atoms with van der Waals surface area (Å²) in [6, 6.07) is 0. The molecular formula is C56H110NO8+. The Labute approximate surface area is 403 Å². The van der Waals surface area contributed by atoms with E-state index in [9.17, 15) is 19.5 Å². The molecule has 0 aromatic rings. The molecule has 1 N–H and O–H groups in total. The Balaban J connectivity index is 4.19. The zero-order valence-electron chi connectivity index (χ0n) is 43.9. The van der Waals surface area contributed by atoms with Gasteiger partial charge in [0.25, 0.3) is 6.29 Å². The monoisotopic (exact) mass is 925 g/mol. The number of esters is 2. The van der Waals surface area contributed by atoms with Gasteiger partial charge in [-0.2, -0.15) is 0 Å². The van der Waals surface area contributed by atoms with Crippen LogP contribution in [0.2, 0.25) is 0 Å². The second-order valence-corrected chi connectivity index (χ2v) is 20.6. The molecule has 0 aliphatic carbocycles. The third-order valence-electron chi connectivity index (χ3n) is 12.9. The maximum Gasteiger partial charge on any atom is 0.361 e. The molecular weight excluding hydrogens is 815 g/mol. The molecule has 0 bridgehead atoms. The Bertz CT molecular complexity index is 1030. The summed E-state index contributed by atoms with van der Waals surface area (Å²) in [6.45, 7) is 4.94. The van der Waals surface area contributed by atoms with Gasteiger partial charge < -0.3 is 28.5 Å². The van der Waals surface area contributed by atoms with Crippen molar-refractivity contribution in [2.75, 3.05) is 47.5 Å². The molecule has 0 fully saturated rings. The van der Waals surface area contributed by atoms with Gasteiger partial charge in [-0.25, -0.2) is 4.79 Å². The van der Waals surface area contributed by atoms with Crippen molar-refractivity contribution in [2.45, 2.75) is 296 Å². The van der Waals surface area contributed by atoms with Crippen molar-refractivity contribution in [3.05, 3.63) is 0 Å². The van der Waals surface area contributed by atoms with Crippen LogP contribution in [0.1, 0.15) is 284 Å². The van der Waals surface area contributed by atoms with Gasteiger partial charge in [-0.05, 0) is 12.8 Å². The van der Waals surface area contributed by atoms with Crippen molar-refractivity contribution in [3.8, 4) is 0 Å². The number of aliphatic carboxylic acids is 1. The van der Waals surface area contributed by atoms with Crippen LogP contribution < -0.4 is 0 Å². The molecule has 9 heteroatoms. The van der Waals surface area contributed by atoms with Crippen LogP contribution in [0, 0.1) is 0 Å². The van der Waals surface area contributed by atoms with Crippen molar-refractivity contribution >= 4 is 17.9 Å². The third-order valence-corrected chi connectivity index (χ3v) is 12.9. The van der Waals surface area contributed by atoms with Crippen LogP contribution >= 0.6 is 0 Å². The maximum atomic E-state index is 12.9. The zero-order chi connectivity index (χ0) is 47.7. The molecule has 0 aliphatic rings. The minimum absolute atomic E-state index is 0.173. The van der Waals surface area contributed by atoms with Crippen molar-refractivity contribution in [3.63, 3.8) is 0 Å². The van der Waals surface area contributed by atoms with E-state index in [1.165, 1.54) is 218 Å². The van der Waals surface area contributed by atoms with E-state index in [1.807, 2.05) is 21.1 Å². The molecule has 65 heavy (non-hydrogen) atoms. The first-order chi connectivity index (χ1) is 31.6. The summed E-state index contributed by atoms with van der Waals surface area (Å²) in [5.41, 5.74) is 0. The number of rotatable bonds is 53. The number of carbonyl (C=O) groups excluding carboxylic acids is 2. The highest BCUT2D eigenvalue weighted by Gasteiger charge is 2.25. The van der Waals surface area contributed by atoms with E-state index in [2.05, 4.69) is 13.8 Å². The molecule has 0 saturated carbocycles. The summed E-state index contributed by atoms with van der Waals surface area (Å²) < 4.78 is 22.9. The number of unbranched alkanes of at least 4 members (excludes halogenated alkanes) is 38. The van der Waals surface area contributed by atoms with Crippen LogP contribution in [0.25, 0.3) is 0 Å². The van der Waals surface area contributed by atoms with E-state index in [-0.39, 0.29) is 38.2 Å². The number of nitrogens with zero attached hydrogens (tertiary/aromatic N) is 1. The second-order valence-electron chi connectivity index (χ2n) is 20.6. The topological polar surface area (TPSA) is 108 Å². The quantitative estimate of drug-likeness (QED) is 0.0278. The molecule has 2 unspecified atom stereocenters. The van der Waals surface area contributed by atoms with E-state index < -0.39 is 18.4 Å². The summed E-state index contributed by atoms with van der Waals surface area (Å²) >= 11 is 0. The van der Waals surface area contributed by atoms with Crippen molar-refractivity contribution in [2.24, 2.45) is 0 Å². The number of carboxylic acid groups (broad SMARTS) is 1. The Kier molecular flexibility index (Phi) is 47.5.